The molecule has 12 rings (SSSR count). The van der Waals surface area contributed by atoms with Crippen LogP contribution in [0, 0.1) is 0 Å². The van der Waals surface area contributed by atoms with Gasteiger partial charge < -0.3 is 8.83 Å². The van der Waals surface area contributed by atoms with Gasteiger partial charge in [-0.1, -0.05) is 176 Å². The average molecular weight is 795 g/mol. The molecule has 0 amide bonds. The molecule has 9 aromatic carbocycles. The van der Waals surface area contributed by atoms with Gasteiger partial charge in [-0.05, 0) is 68.9 Å². The van der Waals surface area contributed by atoms with Gasteiger partial charge in [-0.2, -0.15) is 0 Å². The third-order valence-electron chi connectivity index (χ3n) is 11.6. The number of nitrogens with zero attached hydrogens (tertiary/aromatic N) is 4. The normalized spacial score (nSPS) is 11.5. The fourth-order valence-corrected chi connectivity index (χ4v) is 8.59. The van der Waals surface area contributed by atoms with Crippen molar-refractivity contribution in [1.29, 1.82) is 0 Å². The Morgan fingerprint density at radius 3 is 1.40 bits per heavy atom. The van der Waals surface area contributed by atoms with Gasteiger partial charge in [0.15, 0.2) is 23.1 Å². The van der Waals surface area contributed by atoms with E-state index in [0.29, 0.717) is 23.4 Å². The molecule has 3 aromatic heterocycles. The minimum Gasteiger partial charge on any atom is -0.455 e. The lowest BCUT2D eigenvalue weighted by atomic mass is 9.91. The second-order valence-corrected chi connectivity index (χ2v) is 15.4. The Hall–Kier alpha value is -8.48. The first kappa shape index (κ1) is 35.5. The van der Waals surface area contributed by atoms with Gasteiger partial charge in [0.2, 0.25) is 5.89 Å². The van der Waals surface area contributed by atoms with E-state index in [0.717, 1.165) is 99.4 Å². The van der Waals surface area contributed by atoms with Crippen LogP contribution in [0.15, 0.2) is 215 Å². The average Bonchev–Trinajstić information content (AvgIpc) is 3.96. The van der Waals surface area contributed by atoms with E-state index in [9.17, 15) is 0 Å². The maximum atomic E-state index is 6.58. The molecule has 0 bridgehead atoms. The Kier molecular flexibility index (Phi) is 8.38. The maximum Gasteiger partial charge on any atom is 0.227 e. The van der Waals surface area contributed by atoms with Crippen LogP contribution >= 0.6 is 0 Å². The first-order valence-corrected chi connectivity index (χ1v) is 20.6. The van der Waals surface area contributed by atoms with Crippen LogP contribution in [0.4, 0.5) is 0 Å². The molecule has 0 N–H and O–H groups in total. The van der Waals surface area contributed by atoms with Crippen LogP contribution in [0.25, 0.3) is 123 Å². The van der Waals surface area contributed by atoms with Crippen molar-refractivity contribution in [3.05, 3.63) is 206 Å². The van der Waals surface area contributed by atoms with E-state index >= 15 is 0 Å². The van der Waals surface area contributed by atoms with Gasteiger partial charge in [-0.15, -0.1) is 0 Å². The van der Waals surface area contributed by atoms with Crippen LogP contribution in [0.1, 0.15) is 0 Å². The predicted octanol–water partition coefficient (Wildman–Crippen LogP) is 14.7. The van der Waals surface area contributed by atoms with Crippen LogP contribution < -0.4 is 0 Å². The van der Waals surface area contributed by atoms with Crippen molar-refractivity contribution in [2.24, 2.45) is 0 Å². The lowest BCUT2D eigenvalue weighted by Crippen LogP contribution is -2.00. The molecule has 0 fully saturated rings. The molecule has 0 saturated heterocycles. The van der Waals surface area contributed by atoms with Gasteiger partial charge in [0.25, 0.3) is 0 Å². The van der Waals surface area contributed by atoms with Crippen molar-refractivity contribution in [3.8, 4) is 79.0 Å². The van der Waals surface area contributed by atoms with Gasteiger partial charge in [0, 0.05) is 33.2 Å². The number of fused-ring (bicyclic) bond motifs is 6. The van der Waals surface area contributed by atoms with Gasteiger partial charge >= 0.3 is 0 Å². The van der Waals surface area contributed by atoms with Gasteiger partial charge in [-0.3, -0.25) is 0 Å². The number of hydrogen-bond acceptors (Lipinski definition) is 6. The highest BCUT2D eigenvalue weighted by Gasteiger charge is 2.21. The SMILES string of the molecule is c1ccc(-c2nc(-c3ccccc3)nc(-c3cccc(-c4ccc(-c5ccc(-c6cc7nc(-c8ccccc8)oc7c7c6oc6ccccc67)cc5)c5ccccc45)c3)n2)cc1. The molecule has 0 atom stereocenters. The summed E-state index contributed by atoms with van der Waals surface area (Å²) >= 11 is 0. The topological polar surface area (TPSA) is 77.8 Å². The Labute approximate surface area is 356 Å². The lowest BCUT2D eigenvalue weighted by Gasteiger charge is -2.14. The molecule has 6 heteroatoms. The summed E-state index contributed by atoms with van der Waals surface area (Å²) in [7, 11) is 0. The summed E-state index contributed by atoms with van der Waals surface area (Å²) in [5.74, 6) is 2.49. The van der Waals surface area contributed by atoms with Crippen molar-refractivity contribution in [2.75, 3.05) is 0 Å². The van der Waals surface area contributed by atoms with E-state index < -0.39 is 0 Å². The Morgan fingerprint density at radius 2 is 0.774 bits per heavy atom. The van der Waals surface area contributed by atoms with Crippen molar-refractivity contribution >= 4 is 43.8 Å². The predicted molar refractivity (Wildman–Crippen MR) is 250 cm³/mol. The molecule has 3 heterocycles. The fraction of sp³-hybridized carbons (Fsp3) is 0. The summed E-state index contributed by atoms with van der Waals surface area (Å²) in [6.07, 6.45) is 0. The zero-order chi connectivity index (χ0) is 41.0. The van der Waals surface area contributed by atoms with E-state index in [2.05, 4.69) is 97.1 Å². The minimum atomic E-state index is 0.585. The van der Waals surface area contributed by atoms with Crippen molar-refractivity contribution in [2.45, 2.75) is 0 Å². The van der Waals surface area contributed by atoms with Crippen LogP contribution in [0.2, 0.25) is 0 Å². The quantitative estimate of drug-likeness (QED) is 0.160. The molecule has 0 aliphatic carbocycles. The Bertz CT molecular complexity index is 3560. The van der Waals surface area contributed by atoms with E-state index in [1.165, 1.54) is 0 Å². The van der Waals surface area contributed by atoms with Gasteiger partial charge in [-0.25, -0.2) is 19.9 Å². The highest BCUT2D eigenvalue weighted by molar-refractivity contribution is 6.20. The standard InChI is InChI=1S/C56H34N4O2/c1-4-15-37(16-5-1)53-58-54(38-17-6-2-7-18-38)60-55(59-53)41-22-14-21-40(33-41)43-32-31-42(44-23-10-11-24-45(43)44)35-27-29-36(30-28-35)47-34-48-52(62-56(57-48)39-19-8-3-9-20-39)50-46-25-12-13-26-49(46)61-51(47)50/h1-34H. The summed E-state index contributed by atoms with van der Waals surface area (Å²) < 4.78 is 13.1. The summed E-state index contributed by atoms with van der Waals surface area (Å²) in [4.78, 5) is 19.9. The molecule has 0 saturated carbocycles. The number of hydrogen-bond donors (Lipinski definition) is 0. The van der Waals surface area contributed by atoms with E-state index in [-0.39, 0.29) is 0 Å². The molecule has 0 aliphatic heterocycles. The first-order chi connectivity index (χ1) is 30.7. The molecule has 12 aromatic rings. The molecule has 6 nitrogen and oxygen atoms in total. The fourth-order valence-electron chi connectivity index (χ4n) is 8.59. The lowest BCUT2D eigenvalue weighted by molar-refractivity contribution is 0.622. The highest BCUT2D eigenvalue weighted by Crippen LogP contribution is 2.43. The van der Waals surface area contributed by atoms with Crippen molar-refractivity contribution < 1.29 is 8.83 Å². The second kappa shape index (κ2) is 14.7. The number of rotatable bonds is 7. The molecule has 0 unspecified atom stereocenters. The third-order valence-corrected chi connectivity index (χ3v) is 11.6. The minimum absolute atomic E-state index is 0.585. The van der Waals surface area contributed by atoms with Crippen molar-refractivity contribution in [3.63, 3.8) is 0 Å². The summed E-state index contributed by atoms with van der Waals surface area (Å²) in [6, 6.07) is 70.7. The second-order valence-electron chi connectivity index (χ2n) is 15.4. The Balaban J connectivity index is 0.932. The van der Waals surface area contributed by atoms with Crippen molar-refractivity contribution in [1.82, 2.24) is 19.9 Å². The highest BCUT2D eigenvalue weighted by atomic mass is 16.4. The number of oxazole rings is 1. The number of aromatic nitrogens is 4. The number of furan rings is 1. The summed E-state index contributed by atoms with van der Waals surface area (Å²) in [6.45, 7) is 0. The monoisotopic (exact) mass is 794 g/mol. The first-order valence-electron chi connectivity index (χ1n) is 20.6. The molecule has 0 radical (unpaired) electrons. The molecule has 62 heavy (non-hydrogen) atoms. The summed E-state index contributed by atoms with van der Waals surface area (Å²) in [5.41, 5.74) is 13.3. The van der Waals surface area contributed by atoms with Gasteiger partial charge in [0.1, 0.15) is 16.7 Å². The molecule has 290 valence electrons. The molecule has 0 aliphatic rings. The molecular formula is C56H34N4O2. The zero-order valence-corrected chi connectivity index (χ0v) is 33.2. The van der Waals surface area contributed by atoms with Crippen LogP contribution in [0.3, 0.4) is 0 Å². The molecule has 0 spiro atoms. The third kappa shape index (κ3) is 6.13. The van der Waals surface area contributed by atoms with E-state index in [4.69, 9.17) is 28.8 Å². The van der Waals surface area contributed by atoms with E-state index in [1.807, 2.05) is 109 Å². The summed E-state index contributed by atoms with van der Waals surface area (Å²) in [5, 5.41) is 4.26. The number of para-hydroxylation sites is 1. The van der Waals surface area contributed by atoms with Crippen LogP contribution in [-0.4, -0.2) is 19.9 Å². The maximum absolute atomic E-state index is 6.58. The van der Waals surface area contributed by atoms with Crippen LogP contribution in [-0.2, 0) is 0 Å². The largest absolute Gasteiger partial charge is 0.455 e. The smallest absolute Gasteiger partial charge is 0.227 e. The van der Waals surface area contributed by atoms with E-state index in [1.54, 1.807) is 0 Å². The van der Waals surface area contributed by atoms with Gasteiger partial charge in [0.05, 0.1) is 5.39 Å². The Morgan fingerprint density at radius 1 is 0.290 bits per heavy atom. The molecular weight excluding hydrogens is 761 g/mol. The van der Waals surface area contributed by atoms with Crippen LogP contribution in [0.5, 0.6) is 0 Å². The zero-order valence-electron chi connectivity index (χ0n) is 33.2. The number of benzene rings is 9.